The summed E-state index contributed by atoms with van der Waals surface area (Å²) < 4.78 is 6.07. The molecule has 5 heteroatoms. The van der Waals surface area contributed by atoms with Crippen LogP contribution in [0.3, 0.4) is 0 Å². The fraction of sp³-hybridized carbons (Fsp3) is 0.583. The van der Waals surface area contributed by atoms with Crippen LogP contribution in [-0.2, 0) is 11.2 Å². The zero-order valence-electron chi connectivity index (χ0n) is 9.72. The van der Waals surface area contributed by atoms with Gasteiger partial charge in [-0.25, -0.2) is 9.36 Å². The summed E-state index contributed by atoms with van der Waals surface area (Å²) in [7, 11) is 0. The van der Waals surface area contributed by atoms with Gasteiger partial charge in [0.25, 0.3) is 0 Å². The third-order valence-electron chi connectivity index (χ3n) is 3.11. The highest BCUT2D eigenvalue weighted by Crippen LogP contribution is 2.23. The number of hydrogen-bond acceptors (Lipinski definition) is 4. The molecule has 0 N–H and O–H groups in total. The van der Waals surface area contributed by atoms with Gasteiger partial charge in [0, 0.05) is 12.8 Å². The van der Waals surface area contributed by atoms with Gasteiger partial charge in [-0.15, -0.1) is 6.58 Å². The number of carbonyl (C=O) groups is 1. The van der Waals surface area contributed by atoms with E-state index in [1.165, 1.54) is 4.57 Å². The van der Waals surface area contributed by atoms with Crippen molar-refractivity contribution < 1.29 is 9.32 Å². The molecule has 2 rings (SSSR count). The van der Waals surface area contributed by atoms with Gasteiger partial charge in [0.15, 0.2) is 11.6 Å². The summed E-state index contributed by atoms with van der Waals surface area (Å²) in [6.07, 6.45) is 6.06. The second-order valence-corrected chi connectivity index (χ2v) is 4.29. The van der Waals surface area contributed by atoms with Crippen LogP contribution >= 0.6 is 0 Å². The highest BCUT2D eigenvalue weighted by Gasteiger charge is 2.27. The second kappa shape index (κ2) is 5.12. The molecule has 0 radical (unpaired) electrons. The first kappa shape index (κ1) is 11.8. The summed E-state index contributed by atoms with van der Waals surface area (Å²) in [4.78, 5) is 23.6. The molecule has 17 heavy (non-hydrogen) atoms. The maximum absolute atomic E-state index is 12.0. The van der Waals surface area contributed by atoms with Crippen molar-refractivity contribution in [3.63, 3.8) is 0 Å². The minimum Gasteiger partial charge on any atom is -0.297 e. The fourth-order valence-corrected chi connectivity index (χ4v) is 2.22. The molecule has 1 aromatic rings. The van der Waals surface area contributed by atoms with Crippen molar-refractivity contribution in [2.75, 3.05) is 0 Å². The van der Waals surface area contributed by atoms with E-state index in [4.69, 9.17) is 0 Å². The van der Waals surface area contributed by atoms with Gasteiger partial charge in [-0.2, -0.15) is 0 Å². The summed E-state index contributed by atoms with van der Waals surface area (Å²) in [6, 6.07) is -0.397. The minimum absolute atomic E-state index is 0.0679. The highest BCUT2D eigenvalue weighted by atomic mass is 16.5. The lowest BCUT2D eigenvalue weighted by Crippen LogP contribution is -2.27. The predicted octanol–water partition coefficient (Wildman–Crippen LogP) is 1.64. The van der Waals surface area contributed by atoms with Crippen molar-refractivity contribution in [1.29, 1.82) is 0 Å². The third-order valence-corrected chi connectivity index (χ3v) is 3.11. The molecule has 0 saturated heterocycles. The Kier molecular flexibility index (Phi) is 3.56. The monoisotopic (exact) mass is 236 g/mol. The predicted molar refractivity (Wildman–Crippen MR) is 61.8 cm³/mol. The number of nitrogens with zero attached hydrogens (tertiary/aromatic N) is 2. The Bertz CT molecular complexity index is 472. The van der Waals surface area contributed by atoms with Crippen LogP contribution in [0.25, 0.3) is 0 Å². The van der Waals surface area contributed by atoms with Gasteiger partial charge in [0.1, 0.15) is 6.04 Å². The largest absolute Gasteiger partial charge is 0.442 e. The van der Waals surface area contributed by atoms with Crippen molar-refractivity contribution in [1.82, 2.24) is 9.72 Å². The maximum Gasteiger partial charge on any atom is 0.442 e. The molecule has 5 nitrogen and oxygen atoms in total. The average molecular weight is 236 g/mol. The van der Waals surface area contributed by atoms with E-state index in [0.717, 1.165) is 12.8 Å². The average Bonchev–Trinajstić information content (AvgIpc) is 2.57. The molecule has 0 amide bonds. The summed E-state index contributed by atoms with van der Waals surface area (Å²) in [6.45, 7) is 3.60. The minimum atomic E-state index is -0.515. The first-order valence-electron chi connectivity index (χ1n) is 5.94. The lowest BCUT2D eigenvalue weighted by atomic mass is 10.0. The second-order valence-electron chi connectivity index (χ2n) is 4.29. The Balaban J connectivity index is 2.27. The lowest BCUT2D eigenvalue weighted by molar-refractivity contribution is -0.122. The van der Waals surface area contributed by atoms with Gasteiger partial charge in [0.2, 0.25) is 0 Å². The number of allylic oxidation sites excluding steroid dienone is 1. The molecule has 0 spiro atoms. The van der Waals surface area contributed by atoms with E-state index in [2.05, 4.69) is 16.3 Å². The number of hydrogen-bond donors (Lipinski definition) is 0. The Labute approximate surface area is 99.1 Å². The lowest BCUT2D eigenvalue weighted by Gasteiger charge is -2.13. The van der Waals surface area contributed by atoms with Crippen LogP contribution in [0.4, 0.5) is 0 Å². The molecular weight excluding hydrogens is 220 g/mol. The standard InChI is InChI=1S/C12H16N2O3/c1-2-3-7-10(15)9-6-4-5-8-11-13-17-12(16)14(9)11/h2,9H,1,3-8H2. The van der Waals surface area contributed by atoms with Crippen LogP contribution in [-0.4, -0.2) is 15.5 Å². The first-order chi connectivity index (χ1) is 8.24. The van der Waals surface area contributed by atoms with Crippen LogP contribution in [0.15, 0.2) is 22.0 Å². The Morgan fingerprint density at radius 2 is 2.41 bits per heavy atom. The number of ketones is 1. The zero-order valence-corrected chi connectivity index (χ0v) is 9.72. The van der Waals surface area contributed by atoms with Crippen LogP contribution in [0.2, 0.25) is 0 Å². The molecule has 1 unspecified atom stereocenters. The number of Topliss-reactive ketones (excluding diaryl/α,β-unsaturated/α-hetero) is 1. The number of aromatic nitrogens is 2. The van der Waals surface area contributed by atoms with Gasteiger partial charge >= 0.3 is 5.76 Å². The van der Waals surface area contributed by atoms with Crippen LogP contribution < -0.4 is 5.76 Å². The topological polar surface area (TPSA) is 65.1 Å². The Morgan fingerprint density at radius 3 is 3.18 bits per heavy atom. The molecule has 2 heterocycles. The summed E-state index contributed by atoms with van der Waals surface area (Å²) in [5, 5.41) is 3.73. The molecule has 1 atom stereocenters. The normalized spacial score (nSPS) is 19.4. The van der Waals surface area contributed by atoms with Crippen molar-refractivity contribution in [2.24, 2.45) is 0 Å². The number of carbonyl (C=O) groups excluding carboxylic acids is 1. The van der Waals surface area contributed by atoms with E-state index in [0.29, 0.717) is 31.5 Å². The molecule has 92 valence electrons. The summed E-state index contributed by atoms with van der Waals surface area (Å²) in [5.74, 6) is 0.154. The summed E-state index contributed by atoms with van der Waals surface area (Å²) >= 11 is 0. The Morgan fingerprint density at radius 1 is 1.59 bits per heavy atom. The molecule has 0 saturated carbocycles. The molecule has 0 aromatic carbocycles. The molecule has 0 bridgehead atoms. The maximum atomic E-state index is 12.0. The van der Waals surface area contributed by atoms with Gasteiger partial charge in [-0.3, -0.25) is 9.32 Å². The van der Waals surface area contributed by atoms with Gasteiger partial charge in [-0.05, 0) is 19.3 Å². The molecular formula is C12H16N2O3. The molecule has 1 aliphatic rings. The quantitative estimate of drug-likeness (QED) is 0.745. The number of fused-ring (bicyclic) bond motifs is 1. The van der Waals surface area contributed by atoms with Crippen molar-refractivity contribution >= 4 is 5.78 Å². The smallest absolute Gasteiger partial charge is 0.297 e. The molecule has 0 aliphatic carbocycles. The van der Waals surface area contributed by atoms with Crippen LogP contribution in [0.5, 0.6) is 0 Å². The van der Waals surface area contributed by atoms with E-state index >= 15 is 0 Å². The SMILES string of the molecule is C=CCCC(=O)C1CCCCc2noc(=O)n21. The fourth-order valence-electron chi connectivity index (χ4n) is 2.22. The van der Waals surface area contributed by atoms with Gasteiger partial charge < -0.3 is 0 Å². The molecule has 0 fully saturated rings. The van der Waals surface area contributed by atoms with Crippen molar-refractivity contribution in [2.45, 2.75) is 44.6 Å². The van der Waals surface area contributed by atoms with Gasteiger partial charge in [0.05, 0.1) is 0 Å². The molecule has 1 aliphatic heterocycles. The Hall–Kier alpha value is -1.65. The van der Waals surface area contributed by atoms with E-state index in [1.807, 2.05) is 0 Å². The highest BCUT2D eigenvalue weighted by molar-refractivity contribution is 5.82. The zero-order chi connectivity index (χ0) is 12.3. The van der Waals surface area contributed by atoms with Crippen molar-refractivity contribution in [3.05, 3.63) is 29.0 Å². The van der Waals surface area contributed by atoms with Crippen molar-refractivity contribution in [3.8, 4) is 0 Å². The van der Waals surface area contributed by atoms with E-state index in [-0.39, 0.29) is 5.78 Å². The number of aryl methyl sites for hydroxylation is 1. The first-order valence-corrected chi connectivity index (χ1v) is 5.94. The molecule has 1 aromatic heterocycles. The van der Waals surface area contributed by atoms with E-state index in [9.17, 15) is 9.59 Å². The van der Waals surface area contributed by atoms with E-state index < -0.39 is 11.8 Å². The van der Waals surface area contributed by atoms with Gasteiger partial charge in [-0.1, -0.05) is 17.7 Å². The van der Waals surface area contributed by atoms with E-state index in [1.54, 1.807) is 6.08 Å². The number of rotatable bonds is 4. The summed E-state index contributed by atoms with van der Waals surface area (Å²) in [5.41, 5.74) is 0. The third kappa shape index (κ3) is 2.38. The van der Waals surface area contributed by atoms with Crippen LogP contribution in [0.1, 0.15) is 44.0 Å². The van der Waals surface area contributed by atoms with Crippen LogP contribution in [0, 0.1) is 0 Å².